The van der Waals surface area contributed by atoms with E-state index in [1.54, 1.807) is 42.7 Å². The number of esters is 1. The van der Waals surface area contributed by atoms with Gasteiger partial charge in [-0.05, 0) is 97.2 Å². The Morgan fingerprint density at radius 1 is 1.15 bits per heavy atom. The summed E-state index contributed by atoms with van der Waals surface area (Å²) in [4.78, 5) is 18.3. The summed E-state index contributed by atoms with van der Waals surface area (Å²) < 4.78 is 34.2. The number of alkyl halides is 2. The van der Waals surface area contributed by atoms with Crippen LogP contribution in [-0.4, -0.2) is 31.7 Å². The Bertz CT molecular complexity index is 1130. The third kappa shape index (κ3) is 5.35. The largest absolute Gasteiger partial charge is 0.465 e. The number of methoxy groups -OCH3 is 1. The van der Waals surface area contributed by atoms with Crippen molar-refractivity contribution in [3.63, 3.8) is 0 Å². The van der Waals surface area contributed by atoms with E-state index in [0.717, 1.165) is 49.0 Å². The lowest BCUT2D eigenvalue weighted by Crippen LogP contribution is -2.15. The van der Waals surface area contributed by atoms with E-state index in [9.17, 15) is 13.6 Å². The van der Waals surface area contributed by atoms with Gasteiger partial charge in [-0.1, -0.05) is 6.07 Å². The molecule has 0 radical (unpaired) electrons. The number of carbonyl (C=O) groups excluding carboxylic acids is 1. The Labute approximate surface area is 198 Å². The van der Waals surface area contributed by atoms with Gasteiger partial charge in [0.05, 0.1) is 12.7 Å². The molecular weight excluding hydrogens is 438 g/mol. The van der Waals surface area contributed by atoms with E-state index in [-0.39, 0.29) is 11.7 Å². The second-order valence-corrected chi connectivity index (χ2v) is 8.47. The van der Waals surface area contributed by atoms with Crippen molar-refractivity contribution in [3.05, 3.63) is 83.2 Å². The predicted octanol–water partition coefficient (Wildman–Crippen LogP) is 6.29. The molecule has 1 aromatic heterocycles. The van der Waals surface area contributed by atoms with E-state index in [4.69, 9.17) is 4.74 Å². The fraction of sp³-hybridized carbons (Fsp3) is 0.333. The molecule has 1 atom stereocenters. The number of hydrogen-bond acceptors (Lipinski definition) is 5. The van der Waals surface area contributed by atoms with Crippen molar-refractivity contribution >= 4 is 17.3 Å². The van der Waals surface area contributed by atoms with Crippen LogP contribution in [0.3, 0.4) is 0 Å². The van der Waals surface area contributed by atoms with Crippen molar-refractivity contribution in [2.24, 2.45) is 0 Å². The fourth-order valence-corrected chi connectivity index (χ4v) is 4.68. The summed E-state index contributed by atoms with van der Waals surface area (Å²) in [5.41, 5.74) is 6.11. The van der Waals surface area contributed by atoms with Crippen LogP contribution in [0.4, 0.5) is 20.2 Å². The average molecular weight is 467 g/mol. The molecule has 5 nitrogen and oxygen atoms in total. The topological polar surface area (TPSA) is 51.7 Å². The second kappa shape index (κ2) is 10.6. The molecule has 0 N–H and O–H groups in total. The number of aryl methyl sites for hydroxylation is 2. The molecule has 3 aromatic rings. The van der Waals surface area contributed by atoms with Crippen LogP contribution in [0.15, 0.2) is 60.9 Å². The highest BCUT2D eigenvalue weighted by Crippen LogP contribution is 2.38. The quantitative estimate of drug-likeness (QED) is 0.365. The van der Waals surface area contributed by atoms with Crippen molar-refractivity contribution in [1.29, 1.82) is 0 Å². The minimum atomic E-state index is -2.83. The molecule has 0 unspecified atom stereocenters. The first kappa shape index (κ1) is 23.7. The Kier molecular flexibility index (Phi) is 7.40. The molecule has 0 spiro atoms. The number of fused-ring (bicyclic) bond motifs is 1. The summed E-state index contributed by atoms with van der Waals surface area (Å²) in [6.45, 7) is -2.83. The van der Waals surface area contributed by atoms with Gasteiger partial charge in [-0.2, -0.15) is 8.78 Å². The molecule has 4 rings (SSSR count). The van der Waals surface area contributed by atoms with E-state index in [1.807, 2.05) is 11.9 Å². The molecule has 1 heterocycles. The number of carbonyl (C=O) groups is 1. The summed E-state index contributed by atoms with van der Waals surface area (Å²) in [7, 11) is 3.35. The highest BCUT2D eigenvalue weighted by molar-refractivity contribution is 5.90. The zero-order chi connectivity index (χ0) is 24.1. The highest BCUT2D eigenvalue weighted by Gasteiger charge is 2.22. The van der Waals surface area contributed by atoms with E-state index in [1.165, 1.54) is 18.2 Å². The molecule has 0 fully saturated rings. The Balaban J connectivity index is 1.48. The first-order valence-corrected chi connectivity index (χ1v) is 11.4. The van der Waals surface area contributed by atoms with E-state index < -0.39 is 6.61 Å². The van der Waals surface area contributed by atoms with Crippen molar-refractivity contribution < 1.29 is 23.0 Å². The first-order valence-electron chi connectivity index (χ1n) is 11.4. The van der Waals surface area contributed by atoms with Gasteiger partial charge in [0.25, 0.3) is 0 Å². The highest BCUT2D eigenvalue weighted by atomic mass is 19.3. The number of nitrogens with zero attached hydrogens (tertiary/aromatic N) is 2. The maximum absolute atomic E-state index is 12.4. The van der Waals surface area contributed by atoms with Gasteiger partial charge in [-0.25, -0.2) is 4.79 Å². The molecular formula is C27H28F2N2O3. The van der Waals surface area contributed by atoms with Gasteiger partial charge in [0.15, 0.2) is 0 Å². The van der Waals surface area contributed by atoms with Gasteiger partial charge in [0.2, 0.25) is 0 Å². The summed E-state index contributed by atoms with van der Waals surface area (Å²) >= 11 is 0. The zero-order valence-corrected chi connectivity index (χ0v) is 19.3. The third-order valence-electron chi connectivity index (χ3n) is 6.47. The lowest BCUT2D eigenvalue weighted by atomic mass is 9.79. The van der Waals surface area contributed by atoms with Gasteiger partial charge >= 0.3 is 12.6 Å². The van der Waals surface area contributed by atoms with Crippen molar-refractivity contribution in [3.8, 4) is 5.75 Å². The van der Waals surface area contributed by atoms with Crippen LogP contribution in [0.1, 0.15) is 52.2 Å². The van der Waals surface area contributed by atoms with E-state index >= 15 is 0 Å². The van der Waals surface area contributed by atoms with Gasteiger partial charge in [0, 0.05) is 30.8 Å². The molecule has 2 aromatic carbocycles. The maximum Gasteiger partial charge on any atom is 0.387 e. The molecule has 1 aliphatic rings. The maximum atomic E-state index is 12.4. The van der Waals surface area contributed by atoms with Crippen LogP contribution in [0.5, 0.6) is 5.75 Å². The normalized spacial score (nSPS) is 15.0. The molecule has 34 heavy (non-hydrogen) atoms. The van der Waals surface area contributed by atoms with Gasteiger partial charge in [-0.15, -0.1) is 0 Å². The molecule has 1 aliphatic carbocycles. The number of anilines is 2. The van der Waals surface area contributed by atoms with Gasteiger partial charge < -0.3 is 14.4 Å². The number of benzene rings is 2. The zero-order valence-electron chi connectivity index (χ0n) is 19.3. The molecule has 0 amide bonds. The summed E-state index contributed by atoms with van der Waals surface area (Å²) in [6.07, 6.45) is 8.31. The van der Waals surface area contributed by atoms with Crippen molar-refractivity contribution in [2.45, 2.75) is 44.6 Å². The summed E-state index contributed by atoms with van der Waals surface area (Å²) in [5.74, 6) is 0.229. The Morgan fingerprint density at radius 3 is 2.65 bits per heavy atom. The van der Waals surface area contributed by atoms with E-state index in [0.29, 0.717) is 11.5 Å². The van der Waals surface area contributed by atoms with Crippen molar-refractivity contribution in [2.75, 3.05) is 19.1 Å². The number of ether oxygens (including phenoxy) is 2. The minimum Gasteiger partial charge on any atom is -0.465 e. The standard InChI is InChI=1S/C27H28F2N2O3/c1-31(21-8-11-23(12-9-21)34-27(28)29)22-10-13-24-18(4-3-5-19(24)16-22)6-7-20-17-30-15-14-25(20)26(32)33-2/h8-18,27H,3-7H2,1-2H3/t18-/m0/s1. The van der Waals surface area contributed by atoms with Crippen LogP contribution in [0.25, 0.3) is 0 Å². The second-order valence-electron chi connectivity index (χ2n) is 8.47. The SMILES string of the molecule is COC(=O)c1ccncc1CC[C@@H]1CCCc2cc(N(C)c3ccc(OC(F)F)cc3)ccc21. The lowest BCUT2D eigenvalue weighted by molar-refractivity contribution is -0.0498. The first-order chi connectivity index (χ1) is 16.5. The minimum absolute atomic E-state index is 0.143. The van der Waals surface area contributed by atoms with Crippen LogP contribution in [0, 0.1) is 0 Å². The van der Waals surface area contributed by atoms with Gasteiger partial charge in [-0.3, -0.25) is 4.98 Å². The van der Waals surface area contributed by atoms with Crippen LogP contribution >= 0.6 is 0 Å². The molecule has 0 saturated carbocycles. The van der Waals surface area contributed by atoms with Crippen LogP contribution in [-0.2, 0) is 17.6 Å². The lowest BCUT2D eigenvalue weighted by Gasteiger charge is -2.28. The number of rotatable bonds is 8. The summed E-state index contributed by atoms with van der Waals surface area (Å²) in [6, 6.07) is 14.9. The third-order valence-corrected chi connectivity index (χ3v) is 6.47. The monoisotopic (exact) mass is 466 g/mol. The average Bonchev–Trinajstić information content (AvgIpc) is 2.86. The molecule has 0 bridgehead atoms. The Morgan fingerprint density at radius 2 is 1.91 bits per heavy atom. The molecule has 0 aliphatic heterocycles. The Hall–Kier alpha value is -3.48. The molecule has 0 saturated heterocycles. The smallest absolute Gasteiger partial charge is 0.387 e. The predicted molar refractivity (Wildman–Crippen MR) is 127 cm³/mol. The van der Waals surface area contributed by atoms with Crippen molar-refractivity contribution in [1.82, 2.24) is 4.98 Å². The molecule has 7 heteroatoms. The van der Waals surface area contributed by atoms with Crippen LogP contribution in [0.2, 0.25) is 0 Å². The van der Waals surface area contributed by atoms with E-state index in [2.05, 4.69) is 27.9 Å². The molecule has 178 valence electrons. The van der Waals surface area contributed by atoms with Crippen LogP contribution < -0.4 is 9.64 Å². The number of hydrogen-bond donors (Lipinski definition) is 0. The summed E-state index contributed by atoms with van der Waals surface area (Å²) in [5, 5.41) is 0. The number of halogens is 2. The van der Waals surface area contributed by atoms with Gasteiger partial charge in [0.1, 0.15) is 5.75 Å². The number of aromatic nitrogens is 1. The number of pyridine rings is 1. The fourth-order valence-electron chi connectivity index (χ4n) is 4.68.